The maximum atomic E-state index is 5.67. The Morgan fingerprint density at radius 3 is 3.29 bits per heavy atom. The monoisotopic (exact) mass is 199 g/mol. The number of fused-ring (bicyclic) bond motifs is 2. The highest BCUT2D eigenvalue weighted by molar-refractivity contribution is 7.14. The summed E-state index contributed by atoms with van der Waals surface area (Å²) in [6.07, 6.45) is 2.92. The van der Waals surface area contributed by atoms with E-state index < -0.39 is 0 Å². The van der Waals surface area contributed by atoms with Gasteiger partial charge in [0.25, 0.3) is 0 Å². The second-order valence-electron chi connectivity index (χ2n) is 2.83. The molecular formula is C11H5NOS. The van der Waals surface area contributed by atoms with Crippen molar-refractivity contribution in [3.63, 3.8) is 0 Å². The summed E-state index contributed by atoms with van der Waals surface area (Å²) >= 11 is 1.54. The molecule has 66 valence electrons. The standard InChI is InChI=1S/C11H5NOS/c1-2-4-9-8(3-1)7-12-11-10(13-9)5-6-14-11/h1-2,4-6H. The van der Waals surface area contributed by atoms with Gasteiger partial charge in [-0.25, -0.2) is 4.99 Å². The first-order valence-electron chi connectivity index (χ1n) is 4.16. The molecule has 3 heteroatoms. The van der Waals surface area contributed by atoms with Crippen molar-refractivity contribution in [3.05, 3.63) is 41.3 Å². The van der Waals surface area contributed by atoms with Crippen LogP contribution in [-0.4, -0.2) is 6.21 Å². The van der Waals surface area contributed by atoms with Crippen molar-refractivity contribution >= 4 is 22.6 Å². The number of aliphatic imine (C=N–C) groups is 1. The molecule has 2 heterocycles. The van der Waals surface area contributed by atoms with Crippen LogP contribution in [0.1, 0.15) is 5.56 Å². The molecule has 0 atom stereocenters. The van der Waals surface area contributed by atoms with E-state index in [0.29, 0.717) is 0 Å². The van der Waals surface area contributed by atoms with Gasteiger partial charge in [0.15, 0.2) is 10.8 Å². The summed E-state index contributed by atoms with van der Waals surface area (Å²) in [4.78, 5) is 4.20. The summed E-state index contributed by atoms with van der Waals surface area (Å²) < 4.78 is 5.67. The normalized spacial score (nSPS) is 12.6. The van der Waals surface area contributed by atoms with Crippen molar-refractivity contribution in [2.75, 3.05) is 0 Å². The predicted octanol–water partition coefficient (Wildman–Crippen LogP) is 3.28. The molecule has 0 amide bonds. The molecule has 0 fully saturated rings. The first-order chi connectivity index (χ1) is 6.93. The quantitative estimate of drug-likeness (QED) is 0.544. The molecule has 2 aromatic rings. The zero-order valence-electron chi connectivity index (χ0n) is 7.15. The first-order valence-corrected chi connectivity index (χ1v) is 5.04. The molecule has 1 aromatic heterocycles. The van der Waals surface area contributed by atoms with Crippen molar-refractivity contribution in [3.8, 4) is 11.5 Å². The van der Waals surface area contributed by atoms with Crippen LogP contribution in [0.3, 0.4) is 0 Å². The van der Waals surface area contributed by atoms with E-state index in [0.717, 1.165) is 22.1 Å². The number of nitrogens with zero attached hydrogens (tertiary/aromatic N) is 1. The molecule has 0 aliphatic carbocycles. The summed E-state index contributed by atoms with van der Waals surface area (Å²) in [5.41, 5.74) is 0.774. The second-order valence-corrected chi connectivity index (χ2v) is 3.72. The van der Waals surface area contributed by atoms with Crippen LogP contribution >= 0.6 is 11.3 Å². The minimum absolute atomic E-state index is 0.758. The average molecular weight is 199 g/mol. The van der Waals surface area contributed by atoms with Crippen LogP contribution in [0.15, 0.2) is 34.6 Å². The minimum atomic E-state index is 0.758. The van der Waals surface area contributed by atoms with Crippen molar-refractivity contribution in [2.24, 2.45) is 4.99 Å². The van der Waals surface area contributed by atoms with Gasteiger partial charge in [0, 0.05) is 0 Å². The van der Waals surface area contributed by atoms with Gasteiger partial charge in [0.1, 0.15) is 12.0 Å². The van der Waals surface area contributed by atoms with Gasteiger partial charge in [-0.2, -0.15) is 0 Å². The Kier molecular flexibility index (Phi) is 1.64. The molecule has 1 aliphatic heterocycles. The highest BCUT2D eigenvalue weighted by atomic mass is 32.1. The third kappa shape index (κ3) is 1.14. The van der Waals surface area contributed by atoms with E-state index in [1.54, 1.807) is 11.3 Å². The number of thiophene rings is 1. The number of benzene rings is 1. The minimum Gasteiger partial charge on any atom is -0.453 e. The Morgan fingerprint density at radius 1 is 1.29 bits per heavy atom. The number of hydrogen-bond acceptors (Lipinski definition) is 3. The largest absolute Gasteiger partial charge is 0.453 e. The fourth-order valence-corrected chi connectivity index (χ4v) is 1.91. The van der Waals surface area contributed by atoms with Gasteiger partial charge in [-0.15, -0.1) is 11.3 Å². The van der Waals surface area contributed by atoms with Gasteiger partial charge < -0.3 is 4.74 Å². The van der Waals surface area contributed by atoms with Gasteiger partial charge in [-0.05, 0) is 23.6 Å². The van der Waals surface area contributed by atoms with Gasteiger partial charge in [-0.1, -0.05) is 12.1 Å². The molecule has 0 N–H and O–H groups in total. The third-order valence-corrected chi connectivity index (χ3v) is 2.70. The van der Waals surface area contributed by atoms with Gasteiger partial charge in [0.2, 0.25) is 0 Å². The topological polar surface area (TPSA) is 21.6 Å². The van der Waals surface area contributed by atoms with Gasteiger partial charge in [-0.3, -0.25) is 0 Å². The molecule has 2 nitrogen and oxygen atoms in total. The molecule has 3 rings (SSSR count). The van der Waals surface area contributed by atoms with E-state index in [9.17, 15) is 0 Å². The fraction of sp³-hybridized carbons (Fsp3) is 0. The van der Waals surface area contributed by atoms with Crippen molar-refractivity contribution in [2.45, 2.75) is 0 Å². The molecule has 1 aliphatic rings. The van der Waals surface area contributed by atoms with E-state index >= 15 is 0 Å². The summed E-state index contributed by atoms with van der Waals surface area (Å²) in [5.74, 6) is 1.55. The molecule has 0 saturated carbocycles. The Bertz CT molecular complexity index is 501. The van der Waals surface area contributed by atoms with E-state index in [2.05, 4.69) is 17.3 Å². The maximum Gasteiger partial charge on any atom is 0.164 e. The first kappa shape index (κ1) is 7.76. The summed E-state index contributed by atoms with van der Waals surface area (Å²) in [7, 11) is 0. The fourth-order valence-electron chi connectivity index (χ4n) is 1.27. The number of rotatable bonds is 0. The van der Waals surface area contributed by atoms with Crippen molar-refractivity contribution in [1.82, 2.24) is 0 Å². The summed E-state index contributed by atoms with van der Waals surface area (Å²) in [5, 5.41) is 2.81. The van der Waals surface area contributed by atoms with E-state index in [4.69, 9.17) is 4.74 Å². The van der Waals surface area contributed by atoms with Crippen molar-refractivity contribution in [1.29, 1.82) is 0 Å². The Balaban J connectivity index is 2.19. The molecule has 1 aromatic carbocycles. The Morgan fingerprint density at radius 2 is 2.29 bits per heavy atom. The lowest BCUT2D eigenvalue weighted by Gasteiger charge is -2.03. The predicted molar refractivity (Wildman–Crippen MR) is 55.9 cm³/mol. The zero-order valence-corrected chi connectivity index (χ0v) is 7.97. The number of ether oxygens (including phenoxy) is 1. The lowest BCUT2D eigenvalue weighted by molar-refractivity contribution is 0.487. The summed E-state index contributed by atoms with van der Waals surface area (Å²) in [6, 6.07) is 10.5. The van der Waals surface area contributed by atoms with Crippen LogP contribution in [0.25, 0.3) is 0 Å². The Hall–Kier alpha value is -1.61. The van der Waals surface area contributed by atoms with Crippen LogP contribution < -0.4 is 4.74 Å². The maximum absolute atomic E-state index is 5.67. The highest BCUT2D eigenvalue weighted by Gasteiger charge is 2.11. The van der Waals surface area contributed by atoms with Crippen LogP contribution in [0.4, 0.5) is 5.00 Å². The SMILES string of the molecule is [C]1=Nc2sccc2Oc2ccc[c]c21. The molecule has 2 radical (unpaired) electrons. The molecular weight excluding hydrogens is 194 g/mol. The Labute approximate surface area is 85.5 Å². The van der Waals surface area contributed by atoms with Crippen LogP contribution in [-0.2, 0) is 0 Å². The van der Waals surface area contributed by atoms with Crippen LogP contribution in [0.5, 0.6) is 11.5 Å². The van der Waals surface area contributed by atoms with Crippen molar-refractivity contribution < 1.29 is 4.74 Å². The molecule has 0 saturated heterocycles. The second kappa shape index (κ2) is 2.96. The average Bonchev–Trinajstić information content (AvgIpc) is 2.58. The van der Waals surface area contributed by atoms with Gasteiger partial charge in [0.05, 0.1) is 5.56 Å². The van der Waals surface area contributed by atoms with Crippen LogP contribution in [0.2, 0.25) is 0 Å². The van der Waals surface area contributed by atoms with E-state index in [1.807, 2.05) is 29.6 Å². The molecule has 0 bridgehead atoms. The van der Waals surface area contributed by atoms with Crippen LogP contribution in [0, 0.1) is 6.07 Å². The zero-order chi connectivity index (χ0) is 9.38. The highest BCUT2D eigenvalue weighted by Crippen LogP contribution is 2.39. The third-order valence-electron chi connectivity index (χ3n) is 1.92. The molecule has 14 heavy (non-hydrogen) atoms. The van der Waals surface area contributed by atoms with Gasteiger partial charge >= 0.3 is 0 Å². The molecule has 0 unspecified atom stereocenters. The summed E-state index contributed by atoms with van der Waals surface area (Å²) in [6.45, 7) is 0. The smallest absolute Gasteiger partial charge is 0.164 e. The van der Waals surface area contributed by atoms with E-state index in [1.165, 1.54) is 0 Å². The van der Waals surface area contributed by atoms with E-state index in [-0.39, 0.29) is 0 Å². The lowest BCUT2D eigenvalue weighted by Crippen LogP contribution is -1.86. The number of hydrogen-bond donors (Lipinski definition) is 0. The molecule has 0 spiro atoms. The lowest BCUT2D eigenvalue weighted by atomic mass is 10.2.